The van der Waals surface area contributed by atoms with Gasteiger partial charge in [0.15, 0.2) is 0 Å². The highest BCUT2D eigenvalue weighted by atomic mass is 19.1. The lowest BCUT2D eigenvalue weighted by Gasteiger charge is -2.13. The Morgan fingerprint density at radius 2 is 1.75 bits per heavy atom. The lowest BCUT2D eigenvalue weighted by Crippen LogP contribution is -2.51. The third-order valence-corrected chi connectivity index (χ3v) is 2.42. The fourth-order valence-electron chi connectivity index (χ4n) is 1.44. The monoisotopic (exact) mass is 281 g/mol. The van der Waals surface area contributed by atoms with E-state index in [2.05, 4.69) is 16.2 Å². The first-order valence-electron chi connectivity index (χ1n) is 5.98. The van der Waals surface area contributed by atoms with Gasteiger partial charge in [-0.15, -0.1) is 0 Å². The maximum absolute atomic E-state index is 12.7. The highest BCUT2D eigenvalue weighted by Gasteiger charge is 2.14. The van der Waals surface area contributed by atoms with Crippen molar-refractivity contribution in [2.75, 3.05) is 0 Å². The van der Waals surface area contributed by atoms with Crippen LogP contribution in [0.3, 0.4) is 0 Å². The molecule has 0 aliphatic heterocycles. The van der Waals surface area contributed by atoms with E-state index in [1.165, 1.54) is 38.1 Å². The molecule has 108 valence electrons. The minimum Gasteiger partial charge on any atom is -0.345 e. The standard InChI is InChI=1S/C13H16FN3O3/c1-8(15-9(2)18)13(20)17-16-12(19)7-10-3-5-11(14)6-4-10/h3-6,8H,7H2,1-2H3,(H,15,18)(H,16,19)(H,17,20). The summed E-state index contributed by atoms with van der Waals surface area (Å²) >= 11 is 0. The zero-order chi connectivity index (χ0) is 15.1. The molecular weight excluding hydrogens is 265 g/mol. The number of hydrogen-bond acceptors (Lipinski definition) is 3. The molecule has 20 heavy (non-hydrogen) atoms. The van der Waals surface area contributed by atoms with Gasteiger partial charge < -0.3 is 5.32 Å². The highest BCUT2D eigenvalue weighted by molar-refractivity contribution is 5.88. The summed E-state index contributed by atoms with van der Waals surface area (Å²) in [6.07, 6.45) is 0.00901. The molecule has 0 fully saturated rings. The van der Waals surface area contributed by atoms with Crippen molar-refractivity contribution >= 4 is 17.7 Å². The van der Waals surface area contributed by atoms with Gasteiger partial charge in [0.05, 0.1) is 6.42 Å². The average Bonchev–Trinajstić information content (AvgIpc) is 2.38. The normalized spacial score (nSPS) is 11.3. The molecule has 0 spiro atoms. The topological polar surface area (TPSA) is 87.3 Å². The Bertz CT molecular complexity index is 502. The van der Waals surface area contributed by atoms with Crippen LogP contribution < -0.4 is 16.2 Å². The van der Waals surface area contributed by atoms with Crippen molar-refractivity contribution in [3.8, 4) is 0 Å². The second-order valence-electron chi connectivity index (χ2n) is 4.26. The smallest absolute Gasteiger partial charge is 0.260 e. The van der Waals surface area contributed by atoms with Crippen LogP contribution in [-0.2, 0) is 20.8 Å². The van der Waals surface area contributed by atoms with Crippen LogP contribution in [0, 0.1) is 5.82 Å². The van der Waals surface area contributed by atoms with E-state index < -0.39 is 17.9 Å². The Hall–Kier alpha value is -2.44. The molecule has 7 heteroatoms. The van der Waals surface area contributed by atoms with Gasteiger partial charge in [-0.05, 0) is 24.6 Å². The Kier molecular flexibility index (Phi) is 5.64. The van der Waals surface area contributed by atoms with Crippen molar-refractivity contribution in [3.05, 3.63) is 35.6 Å². The summed E-state index contributed by atoms with van der Waals surface area (Å²) in [5, 5.41) is 2.38. The van der Waals surface area contributed by atoms with Gasteiger partial charge in [0, 0.05) is 6.92 Å². The molecule has 0 aliphatic rings. The molecule has 1 aromatic carbocycles. The van der Waals surface area contributed by atoms with Gasteiger partial charge >= 0.3 is 0 Å². The molecule has 0 radical (unpaired) electrons. The number of hydrazine groups is 1. The first-order chi connectivity index (χ1) is 9.38. The average molecular weight is 281 g/mol. The van der Waals surface area contributed by atoms with Crippen LogP contribution >= 0.6 is 0 Å². The van der Waals surface area contributed by atoms with Crippen molar-refractivity contribution in [1.29, 1.82) is 0 Å². The summed E-state index contributed by atoms with van der Waals surface area (Å²) in [5.74, 6) is -1.70. The Balaban J connectivity index is 2.38. The molecule has 0 aliphatic carbocycles. The van der Waals surface area contributed by atoms with E-state index in [1.54, 1.807) is 0 Å². The van der Waals surface area contributed by atoms with Gasteiger partial charge in [0.25, 0.3) is 5.91 Å². The lowest BCUT2D eigenvalue weighted by atomic mass is 10.1. The van der Waals surface area contributed by atoms with Gasteiger partial charge in [-0.1, -0.05) is 12.1 Å². The number of halogens is 1. The first-order valence-corrected chi connectivity index (χ1v) is 5.98. The second-order valence-corrected chi connectivity index (χ2v) is 4.26. The van der Waals surface area contributed by atoms with E-state index in [0.29, 0.717) is 5.56 Å². The largest absolute Gasteiger partial charge is 0.345 e. The van der Waals surface area contributed by atoms with Crippen LogP contribution in [0.15, 0.2) is 24.3 Å². The Labute approximate surface area is 115 Å². The third-order valence-electron chi connectivity index (χ3n) is 2.42. The van der Waals surface area contributed by atoms with E-state index in [4.69, 9.17) is 0 Å². The summed E-state index contributed by atoms with van der Waals surface area (Å²) in [6, 6.07) is 4.71. The van der Waals surface area contributed by atoms with Gasteiger partial charge in [0.1, 0.15) is 11.9 Å². The SMILES string of the molecule is CC(=O)NC(C)C(=O)NNC(=O)Cc1ccc(F)cc1. The maximum Gasteiger partial charge on any atom is 0.260 e. The number of rotatable bonds is 4. The van der Waals surface area contributed by atoms with Crippen LogP contribution in [0.5, 0.6) is 0 Å². The van der Waals surface area contributed by atoms with E-state index >= 15 is 0 Å². The Morgan fingerprint density at radius 1 is 1.15 bits per heavy atom. The van der Waals surface area contributed by atoms with E-state index in [9.17, 15) is 18.8 Å². The summed E-state index contributed by atoms with van der Waals surface area (Å²) in [5.41, 5.74) is 5.03. The van der Waals surface area contributed by atoms with Crippen molar-refractivity contribution in [3.63, 3.8) is 0 Å². The molecule has 1 unspecified atom stereocenters. The summed E-state index contributed by atoms with van der Waals surface area (Å²) in [7, 11) is 0. The van der Waals surface area contributed by atoms with Gasteiger partial charge in [0.2, 0.25) is 11.8 Å². The van der Waals surface area contributed by atoms with Crippen molar-refractivity contribution in [2.45, 2.75) is 26.3 Å². The predicted octanol–water partition coefficient (Wildman–Crippen LogP) is 0.0402. The molecule has 0 saturated carbocycles. The van der Waals surface area contributed by atoms with Crippen molar-refractivity contribution in [1.82, 2.24) is 16.2 Å². The van der Waals surface area contributed by atoms with Crippen LogP contribution in [0.4, 0.5) is 4.39 Å². The summed E-state index contributed by atoms with van der Waals surface area (Å²) < 4.78 is 12.7. The Morgan fingerprint density at radius 3 is 2.30 bits per heavy atom. The second kappa shape index (κ2) is 7.22. The van der Waals surface area contributed by atoms with E-state index in [-0.39, 0.29) is 18.1 Å². The van der Waals surface area contributed by atoms with Gasteiger partial charge in [-0.3, -0.25) is 25.2 Å². The number of benzene rings is 1. The minimum atomic E-state index is -0.751. The van der Waals surface area contributed by atoms with Crippen LogP contribution in [0.2, 0.25) is 0 Å². The summed E-state index contributed by atoms with van der Waals surface area (Å²) in [6.45, 7) is 2.78. The molecule has 6 nitrogen and oxygen atoms in total. The molecule has 3 N–H and O–H groups in total. The van der Waals surface area contributed by atoms with Gasteiger partial charge in [-0.2, -0.15) is 0 Å². The van der Waals surface area contributed by atoms with E-state index in [1.807, 2.05) is 0 Å². The highest BCUT2D eigenvalue weighted by Crippen LogP contribution is 2.03. The zero-order valence-electron chi connectivity index (χ0n) is 11.2. The van der Waals surface area contributed by atoms with Crippen LogP contribution in [0.1, 0.15) is 19.4 Å². The first kappa shape index (κ1) is 15.6. The molecule has 1 atom stereocenters. The number of hydrogen-bond donors (Lipinski definition) is 3. The molecule has 0 bridgehead atoms. The number of carbonyl (C=O) groups is 3. The quantitative estimate of drug-likeness (QED) is 0.681. The summed E-state index contributed by atoms with van der Waals surface area (Å²) in [4.78, 5) is 33.8. The molecule has 3 amide bonds. The molecule has 1 aromatic rings. The third kappa shape index (κ3) is 5.47. The van der Waals surface area contributed by atoms with E-state index in [0.717, 1.165) is 0 Å². The van der Waals surface area contributed by atoms with Gasteiger partial charge in [-0.25, -0.2) is 4.39 Å². The molecule has 0 saturated heterocycles. The fourth-order valence-corrected chi connectivity index (χ4v) is 1.44. The van der Waals surface area contributed by atoms with Crippen molar-refractivity contribution in [2.24, 2.45) is 0 Å². The van der Waals surface area contributed by atoms with Crippen LogP contribution in [0.25, 0.3) is 0 Å². The predicted molar refractivity (Wildman–Crippen MR) is 69.7 cm³/mol. The maximum atomic E-state index is 12.7. The fraction of sp³-hybridized carbons (Fsp3) is 0.308. The molecule has 0 aromatic heterocycles. The van der Waals surface area contributed by atoms with Crippen LogP contribution in [-0.4, -0.2) is 23.8 Å². The number of nitrogens with one attached hydrogen (secondary N) is 3. The number of carbonyl (C=O) groups excluding carboxylic acids is 3. The molecule has 0 heterocycles. The van der Waals surface area contributed by atoms with Crippen molar-refractivity contribution < 1.29 is 18.8 Å². The zero-order valence-corrected chi connectivity index (χ0v) is 11.2. The lowest BCUT2D eigenvalue weighted by molar-refractivity contribution is -0.131. The minimum absolute atomic E-state index is 0.00901. The molecular formula is C13H16FN3O3. The number of amides is 3. The molecule has 1 rings (SSSR count).